The highest BCUT2D eigenvalue weighted by molar-refractivity contribution is 5.85. The van der Waals surface area contributed by atoms with Crippen molar-refractivity contribution in [3.05, 3.63) is 0 Å². The summed E-state index contributed by atoms with van der Waals surface area (Å²) in [6.07, 6.45) is 0. The fourth-order valence-corrected chi connectivity index (χ4v) is 1.28. The third-order valence-corrected chi connectivity index (χ3v) is 1.58. The standard InChI is InChI=1S/C8H18N2O.ClH/c1-6(2)10(7(3)4)8(11)5-9;/h6-7H,5,9H2,1-4H3;1H. The number of carbonyl (C=O) groups excluding carboxylic acids is 1. The van der Waals surface area contributed by atoms with Crippen LogP contribution in [-0.4, -0.2) is 29.4 Å². The zero-order chi connectivity index (χ0) is 9.02. The fourth-order valence-electron chi connectivity index (χ4n) is 1.28. The monoisotopic (exact) mass is 194 g/mol. The molecule has 4 heteroatoms. The van der Waals surface area contributed by atoms with Crippen LogP contribution in [0.25, 0.3) is 0 Å². The van der Waals surface area contributed by atoms with E-state index in [9.17, 15) is 4.79 Å². The van der Waals surface area contributed by atoms with Crippen molar-refractivity contribution < 1.29 is 4.79 Å². The molecule has 0 spiro atoms. The van der Waals surface area contributed by atoms with Gasteiger partial charge in [0, 0.05) is 12.1 Å². The minimum Gasteiger partial charge on any atom is -0.337 e. The Morgan fingerprint density at radius 3 is 1.67 bits per heavy atom. The van der Waals surface area contributed by atoms with Crippen molar-refractivity contribution in [1.29, 1.82) is 0 Å². The minimum absolute atomic E-state index is 0. The Morgan fingerprint density at radius 2 is 1.58 bits per heavy atom. The van der Waals surface area contributed by atoms with Crippen molar-refractivity contribution in [2.75, 3.05) is 6.54 Å². The summed E-state index contributed by atoms with van der Waals surface area (Å²) in [5.74, 6) is 0.0231. The Hall–Kier alpha value is -0.280. The Kier molecular flexibility index (Phi) is 7.44. The van der Waals surface area contributed by atoms with E-state index in [0.29, 0.717) is 0 Å². The topological polar surface area (TPSA) is 46.3 Å². The van der Waals surface area contributed by atoms with Gasteiger partial charge in [-0.05, 0) is 27.7 Å². The van der Waals surface area contributed by atoms with Crippen molar-refractivity contribution >= 4 is 18.3 Å². The van der Waals surface area contributed by atoms with Crippen molar-refractivity contribution in [3.8, 4) is 0 Å². The molecule has 0 aliphatic heterocycles. The normalized spacial score (nSPS) is 9.92. The van der Waals surface area contributed by atoms with Gasteiger partial charge in [0.1, 0.15) is 0 Å². The lowest BCUT2D eigenvalue weighted by Gasteiger charge is -2.30. The summed E-state index contributed by atoms with van der Waals surface area (Å²) >= 11 is 0. The van der Waals surface area contributed by atoms with Gasteiger partial charge in [0.2, 0.25) is 5.91 Å². The Labute approximate surface area is 80.7 Å². The van der Waals surface area contributed by atoms with Crippen LogP contribution < -0.4 is 5.73 Å². The molecular formula is C8H19ClN2O. The van der Waals surface area contributed by atoms with Crippen LogP contribution in [0.3, 0.4) is 0 Å². The summed E-state index contributed by atoms with van der Waals surface area (Å²) in [6.45, 7) is 8.08. The summed E-state index contributed by atoms with van der Waals surface area (Å²) in [5, 5.41) is 0. The first-order chi connectivity index (χ1) is 5.00. The van der Waals surface area contributed by atoms with Crippen LogP contribution in [-0.2, 0) is 4.79 Å². The van der Waals surface area contributed by atoms with Gasteiger partial charge in [0.25, 0.3) is 0 Å². The van der Waals surface area contributed by atoms with Gasteiger partial charge >= 0.3 is 0 Å². The van der Waals surface area contributed by atoms with Gasteiger partial charge in [-0.25, -0.2) is 0 Å². The molecule has 1 amide bonds. The number of halogens is 1. The molecule has 0 radical (unpaired) electrons. The van der Waals surface area contributed by atoms with Crippen LogP contribution >= 0.6 is 12.4 Å². The number of nitrogens with zero attached hydrogens (tertiary/aromatic N) is 1. The number of rotatable bonds is 3. The first-order valence-corrected chi connectivity index (χ1v) is 4.02. The molecule has 0 unspecified atom stereocenters. The molecule has 0 aliphatic carbocycles. The maximum atomic E-state index is 11.2. The molecule has 0 fully saturated rings. The highest BCUT2D eigenvalue weighted by atomic mass is 35.5. The van der Waals surface area contributed by atoms with E-state index < -0.39 is 0 Å². The molecule has 74 valence electrons. The lowest BCUT2D eigenvalue weighted by atomic mass is 10.2. The largest absolute Gasteiger partial charge is 0.337 e. The summed E-state index contributed by atoms with van der Waals surface area (Å²) < 4.78 is 0. The van der Waals surface area contributed by atoms with Gasteiger partial charge in [0.05, 0.1) is 6.54 Å². The molecule has 0 aromatic carbocycles. The molecule has 0 aromatic rings. The van der Waals surface area contributed by atoms with Gasteiger partial charge in [-0.1, -0.05) is 0 Å². The second-order valence-electron chi connectivity index (χ2n) is 3.19. The molecule has 0 saturated heterocycles. The molecule has 0 aromatic heterocycles. The zero-order valence-electron chi connectivity index (χ0n) is 8.20. The third-order valence-electron chi connectivity index (χ3n) is 1.58. The number of hydrogen-bond acceptors (Lipinski definition) is 2. The zero-order valence-corrected chi connectivity index (χ0v) is 9.02. The average molecular weight is 195 g/mol. The van der Waals surface area contributed by atoms with Crippen LogP contribution in [0.1, 0.15) is 27.7 Å². The summed E-state index contributed by atoms with van der Waals surface area (Å²) in [5.41, 5.74) is 5.26. The Bertz CT molecular complexity index is 129. The number of hydrogen-bond donors (Lipinski definition) is 1. The first kappa shape index (κ1) is 14.3. The first-order valence-electron chi connectivity index (χ1n) is 4.02. The van der Waals surface area contributed by atoms with Crippen molar-refractivity contribution in [2.45, 2.75) is 39.8 Å². The van der Waals surface area contributed by atoms with E-state index in [4.69, 9.17) is 5.73 Å². The quantitative estimate of drug-likeness (QED) is 0.729. The Morgan fingerprint density at radius 1 is 1.25 bits per heavy atom. The van der Waals surface area contributed by atoms with E-state index in [-0.39, 0.29) is 36.9 Å². The second-order valence-corrected chi connectivity index (χ2v) is 3.19. The molecule has 3 nitrogen and oxygen atoms in total. The number of nitrogens with two attached hydrogens (primary N) is 1. The highest BCUT2D eigenvalue weighted by Gasteiger charge is 2.17. The maximum Gasteiger partial charge on any atom is 0.236 e. The number of carbonyl (C=O) groups is 1. The van der Waals surface area contributed by atoms with Crippen LogP contribution in [0.15, 0.2) is 0 Å². The van der Waals surface area contributed by atoms with Gasteiger partial charge in [-0.15, -0.1) is 12.4 Å². The fraction of sp³-hybridized carbons (Fsp3) is 0.875. The third kappa shape index (κ3) is 3.93. The molecule has 2 N–H and O–H groups in total. The molecule has 12 heavy (non-hydrogen) atoms. The van der Waals surface area contributed by atoms with Crippen molar-refractivity contribution in [3.63, 3.8) is 0 Å². The van der Waals surface area contributed by atoms with Crippen LogP contribution in [0.5, 0.6) is 0 Å². The van der Waals surface area contributed by atoms with Gasteiger partial charge in [-0.3, -0.25) is 4.79 Å². The average Bonchev–Trinajstić information content (AvgIpc) is 1.85. The van der Waals surface area contributed by atoms with E-state index in [0.717, 1.165) is 0 Å². The predicted octanol–water partition coefficient (Wildman–Crippen LogP) is 1.01. The Balaban J connectivity index is 0. The van der Waals surface area contributed by atoms with Crippen LogP contribution in [0.2, 0.25) is 0 Å². The summed E-state index contributed by atoms with van der Waals surface area (Å²) in [4.78, 5) is 13.0. The van der Waals surface area contributed by atoms with E-state index in [2.05, 4.69) is 0 Å². The molecular weight excluding hydrogens is 176 g/mol. The molecule has 0 saturated carbocycles. The highest BCUT2D eigenvalue weighted by Crippen LogP contribution is 2.03. The van der Waals surface area contributed by atoms with E-state index >= 15 is 0 Å². The second kappa shape index (κ2) is 6.26. The van der Waals surface area contributed by atoms with Crippen LogP contribution in [0, 0.1) is 0 Å². The molecule has 0 bridgehead atoms. The molecule has 0 rings (SSSR count). The predicted molar refractivity (Wildman–Crippen MR) is 53.4 cm³/mol. The van der Waals surface area contributed by atoms with Crippen molar-refractivity contribution in [2.24, 2.45) is 5.73 Å². The maximum absolute atomic E-state index is 11.2. The lowest BCUT2D eigenvalue weighted by Crippen LogP contribution is -2.45. The summed E-state index contributed by atoms with van der Waals surface area (Å²) in [7, 11) is 0. The minimum atomic E-state index is 0. The molecule has 0 heterocycles. The smallest absolute Gasteiger partial charge is 0.236 e. The van der Waals surface area contributed by atoms with Crippen LogP contribution in [0.4, 0.5) is 0 Å². The molecule has 0 aliphatic rings. The molecule has 0 atom stereocenters. The van der Waals surface area contributed by atoms with E-state index in [1.807, 2.05) is 27.7 Å². The SMILES string of the molecule is CC(C)N(C(=O)CN)C(C)C.Cl. The van der Waals surface area contributed by atoms with Gasteiger partial charge in [0.15, 0.2) is 0 Å². The number of amides is 1. The van der Waals surface area contributed by atoms with Gasteiger partial charge in [-0.2, -0.15) is 0 Å². The van der Waals surface area contributed by atoms with Crippen molar-refractivity contribution in [1.82, 2.24) is 4.90 Å². The summed E-state index contributed by atoms with van der Waals surface area (Å²) in [6, 6.07) is 0.483. The van der Waals surface area contributed by atoms with Gasteiger partial charge < -0.3 is 10.6 Å². The van der Waals surface area contributed by atoms with E-state index in [1.165, 1.54) is 0 Å². The van der Waals surface area contributed by atoms with E-state index in [1.54, 1.807) is 4.90 Å². The lowest BCUT2D eigenvalue weighted by molar-refractivity contribution is -0.133.